The Balaban J connectivity index is 1.34. The van der Waals surface area contributed by atoms with Crippen LogP contribution in [0.3, 0.4) is 0 Å². The van der Waals surface area contributed by atoms with Crippen LogP contribution in [0.25, 0.3) is 6.08 Å². The maximum absolute atomic E-state index is 12.5. The largest absolute Gasteiger partial charge is 0.350 e. The molecule has 7 heteroatoms. The molecule has 0 saturated carbocycles. The summed E-state index contributed by atoms with van der Waals surface area (Å²) in [5, 5.41) is 10.1. The Morgan fingerprint density at radius 2 is 1.93 bits per heavy atom. The van der Waals surface area contributed by atoms with Gasteiger partial charge in [0.05, 0.1) is 12.2 Å². The van der Waals surface area contributed by atoms with E-state index >= 15 is 0 Å². The number of benzene rings is 1. The Labute approximate surface area is 174 Å². The lowest BCUT2D eigenvalue weighted by Gasteiger charge is -2.25. The molecule has 3 aromatic rings. The number of amides is 2. The molecule has 152 valence electrons. The number of carbonyl (C=O) groups is 2. The average molecular weight is 401 g/mol. The van der Waals surface area contributed by atoms with Gasteiger partial charge in [-0.3, -0.25) is 19.7 Å². The Bertz CT molecular complexity index is 1040. The van der Waals surface area contributed by atoms with Crippen LogP contribution in [-0.4, -0.2) is 45.0 Å². The first-order chi connectivity index (χ1) is 14.7. The molecule has 1 aliphatic heterocycles. The summed E-state index contributed by atoms with van der Waals surface area (Å²) in [6.45, 7) is 1.51. The van der Waals surface area contributed by atoms with Gasteiger partial charge < -0.3 is 10.2 Å². The number of fused-ring (bicyclic) bond motifs is 1. The molecule has 2 N–H and O–H groups in total. The lowest BCUT2D eigenvalue weighted by molar-refractivity contribution is -0.126. The Hall–Kier alpha value is -3.74. The highest BCUT2D eigenvalue weighted by Gasteiger charge is 2.26. The fourth-order valence-electron chi connectivity index (χ4n) is 3.48. The van der Waals surface area contributed by atoms with Crippen molar-refractivity contribution in [2.24, 2.45) is 0 Å². The zero-order valence-corrected chi connectivity index (χ0v) is 16.5. The highest BCUT2D eigenvalue weighted by Crippen LogP contribution is 2.20. The second-order valence-electron chi connectivity index (χ2n) is 7.14. The summed E-state index contributed by atoms with van der Waals surface area (Å²) >= 11 is 0. The Morgan fingerprint density at radius 3 is 2.73 bits per heavy atom. The van der Waals surface area contributed by atoms with Crippen molar-refractivity contribution in [3.63, 3.8) is 0 Å². The molecule has 1 aromatic carbocycles. The molecule has 0 bridgehead atoms. The third kappa shape index (κ3) is 4.63. The van der Waals surface area contributed by atoms with Crippen LogP contribution >= 0.6 is 0 Å². The van der Waals surface area contributed by atoms with Crippen LogP contribution < -0.4 is 5.32 Å². The molecule has 0 aliphatic carbocycles. The molecule has 0 fully saturated rings. The maximum Gasteiger partial charge on any atom is 0.272 e. The van der Waals surface area contributed by atoms with Crippen molar-refractivity contribution in [2.45, 2.75) is 19.4 Å². The van der Waals surface area contributed by atoms with Crippen molar-refractivity contribution in [1.29, 1.82) is 0 Å². The molecule has 4 rings (SSSR count). The van der Waals surface area contributed by atoms with E-state index in [1.165, 1.54) is 0 Å². The fourth-order valence-corrected chi connectivity index (χ4v) is 3.48. The summed E-state index contributed by atoms with van der Waals surface area (Å²) < 4.78 is 0. The number of hydrogen-bond donors (Lipinski definition) is 2. The predicted octanol–water partition coefficient (Wildman–Crippen LogP) is 2.38. The zero-order valence-electron chi connectivity index (χ0n) is 16.5. The van der Waals surface area contributed by atoms with Crippen molar-refractivity contribution in [3.8, 4) is 0 Å². The lowest BCUT2D eigenvalue weighted by atomic mass is 10.0. The van der Waals surface area contributed by atoms with E-state index in [1.54, 1.807) is 23.4 Å². The molecule has 30 heavy (non-hydrogen) atoms. The van der Waals surface area contributed by atoms with Crippen molar-refractivity contribution in [1.82, 2.24) is 25.4 Å². The van der Waals surface area contributed by atoms with Gasteiger partial charge in [-0.1, -0.05) is 30.3 Å². The monoisotopic (exact) mass is 401 g/mol. The smallest absolute Gasteiger partial charge is 0.272 e. The molecule has 0 radical (unpaired) electrons. The minimum Gasteiger partial charge on any atom is -0.350 e. The van der Waals surface area contributed by atoms with E-state index in [-0.39, 0.29) is 11.8 Å². The molecule has 0 spiro atoms. The Morgan fingerprint density at radius 1 is 1.13 bits per heavy atom. The van der Waals surface area contributed by atoms with Crippen molar-refractivity contribution in [2.75, 3.05) is 13.1 Å². The minimum atomic E-state index is -0.190. The van der Waals surface area contributed by atoms with Crippen molar-refractivity contribution in [3.05, 3.63) is 89.0 Å². The summed E-state index contributed by atoms with van der Waals surface area (Å²) in [5.74, 6) is -0.243. The van der Waals surface area contributed by atoms with E-state index in [2.05, 4.69) is 20.5 Å². The number of carbonyl (C=O) groups excluding carboxylic acids is 2. The number of nitrogens with one attached hydrogen (secondary N) is 2. The second kappa shape index (κ2) is 9.17. The molecular weight excluding hydrogens is 378 g/mol. The SMILES string of the molecule is O=C(NCCc1ccncc1)c1n[nH]c2c1CCN(C(=O)C=Cc1ccccc1)C2. The highest BCUT2D eigenvalue weighted by atomic mass is 16.2. The third-order valence-electron chi connectivity index (χ3n) is 5.13. The zero-order chi connectivity index (χ0) is 20.8. The molecule has 2 amide bonds. The van der Waals surface area contributed by atoms with Gasteiger partial charge >= 0.3 is 0 Å². The molecule has 2 aromatic heterocycles. The van der Waals surface area contributed by atoms with Gasteiger partial charge in [0, 0.05) is 37.1 Å². The summed E-state index contributed by atoms with van der Waals surface area (Å²) in [5.41, 5.74) is 4.24. The van der Waals surface area contributed by atoms with E-state index < -0.39 is 0 Å². The van der Waals surface area contributed by atoms with E-state index in [0.717, 1.165) is 28.8 Å². The van der Waals surface area contributed by atoms with Gasteiger partial charge in [-0.25, -0.2) is 0 Å². The van der Waals surface area contributed by atoms with Gasteiger partial charge in [-0.15, -0.1) is 0 Å². The number of aromatic amines is 1. The highest BCUT2D eigenvalue weighted by molar-refractivity contribution is 5.94. The van der Waals surface area contributed by atoms with Crippen molar-refractivity contribution < 1.29 is 9.59 Å². The Kier molecular flexibility index (Phi) is 5.98. The summed E-state index contributed by atoms with van der Waals surface area (Å²) in [6, 6.07) is 13.6. The first-order valence-corrected chi connectivity index (χ1v) is 9.96. The summed E-state index contributed by atoms with van der Waals surface area (Å²) in [4.78, 5) is 30.8. The number of aromatic nitrogens is 3. The number of rotatable bonds is 6. The number of hydrogen-bond acceptors (Lipinski definition) is 4. The van der Waals surface area contributed by atoms with Gasteiger partial charge in [-0.05, 0) is 42.2 Å². The number of pyridine rings is 1. The lowest BCUT2D eigenvalue weighted by Crippen LogP contribution is -2.35. The van der Waals surface area contributed by atoms with E-state index in [4.69, 9.17) is 0 Å². The second-order valence-corrected chi connectivity index (χ2v) is 7.14. The van der Waals surface area contributed by atoms with Crippen LogP contribution in [0.2, 0.25) is 0 Å². The van der Waals surface area contributed by atoms with E-state index in [1.807, 2.05) is 48.5 Å². The van der Waals surface area contributed by atoms with Crippen LogP contribution in [0.15, 0.2) is 60.9 Å². The first-order valence-electron chi connectivity index (χ1n) is 9.96. The van der Waals surface area contributed by atoms with Gasteiger partial charge in [0.25, 0.3) is 5.91 Å². The van der Waals surface area contributed by atoms with Gasteiger partial charge in [0.15, 0.2) is 5.69 Å². The fraction of sp³-hybridized carbons (Fsp3) is 0.217. The average Bonchev–Trinajstić information content (AvgIpc) is 3.22. The van der Waals surface area contributed by atoms with Gasteiger partial charge in [-0.2, -0.15) is 5.10 Å². The molecule has 1 aliphatic rings. The molecule has 0 saturated heterocycles. The van der Waals surface area contributed by atoms with Crippen LogP contribution in [0, 0.1) is 0 Å². The summed E-state index contributed by atoms with van der Waals surface area (Å²) in [7, 11) is 0. The quantitative estimate of drug-likeness (QED) is 0.621. The first kappa shape index (κ1) is 19.6. The maximum atomic E-state index is 12.5. The van der Waals surface area contributed by atoms with E-state index in [9.17, 15) is 9.59 Å². The minimum absolute atomic E-state index is 0.0533. The van der Waals surface area contributed by atoms with Gasteiger partial charge in [0.2, 0.25) is 5.91 Å². The van der Waals surface area contributed by atoms with E-state index in [0.29, 0.717) is 31.7 Å². The van der Waals surface area contributed by atoms with Crippen LogP contribution in [-0.2, 0) is 24.2 Å². The molecule has 7 nitrogen and oxygen atoms in total. The topological polar surface area (TPSA) is 91.0 Å². The molecular formula is C23H23N5O2. The standard InChI is InChI=1S/C23H23N5O2/c29-21(7-6-17-4-2-1-3-5-17)28-15-11-19-20(16-28)26-27-22(19)23(30)25-14-10-18-8-12-24-13-9-18/h1-9,12-13H,10-11,14-16H2,(H,25,30)(H,26,27). The van der Waals surface area contributed by atoms with Crippen LogP contribution in [0.5, 0.6) is 0 Å². The number of H-pyrrole nitrogens is 1. The molecule has 0 unspecified atom stereocenters. The third-order valence-corrected chi connectivity index (χ3v) is 5.13. The predicted molar refractivity (Wildman–Crippen MR) is 113 cm³/mol. The number of nitrogens with zero attached hydrogens (tertiary/aromatic N) is 3. The molecule has 0 atom stereocenters. The van der Waals surface area contributed by atoms with Crippen LogP contribution in [0.1, 0.15) is 32.9 Å². The van der Waals surface area contributed by atoms with Crippen LogP contribution in [0.4, 0.5) is 0 Å². The normalized spacial score (nSPS) is 13.3. The molecule has 3 heterocycles. The van der Waals surface area contributed by atoms with Crippen molar-refractivity contribution >= 4 is 17.9 Å². The summed E-state index contributed by atoms with van der Waals surface area (Å²) in [6.07, 6.45) is 8.21. The van der Waals surface area contributed by atoms with Gasteiger partial charge in [0.1, 0.15) is 0 Å².